The summed E-state index contributed by atoms with van der Waals surface area (Å²) in [6, 6.07) is 24.2. The minimum absolute atomic E-state index is 0.0757. The molecule has 0 spiro atoms. The van der Waals surface area contributed by atoms with Gasteiger partial charge in [0.15, 0.2) is 5.50 Å². The van der Waals surface area contributed by atoms with Crippen LogP contribution in [0.5, 0.6) is 5.75 Å². The number of amides is 1. The summed E-state index contributed by atoms with van der Waals surface area (Å²) in [6.07, 6.45) is 2.90. The molecule has 1 aliphatic rings. The molecule has 3 aromatic rings. The van der Waals surface area contributed by atoms with E-state index in [1.54, 1.807) is 0 Å². The SMILES string of the molecule is CCc1ccc(N[C@@H]2NC(=O)/C(=C/c3ccc(OCc4ccccc4)c(Br)c3)S2)cc1. The second-order valence-corrected chi connectivity index (χ2v) is 9.14. The zero-order valence-corrected chi connectivity index (χ0v) is 19.5. The predicted molar refractivity (Wildman–Crippen MR) is 132 cm³/mol. The smallest absolute Gasteiger partial charge is 0.260 e. The highest BCUT2D eigenvalue weighted by atomic mass is 79.9. The van der Waals surface area contributed by atoms with Crippen LogP contribution < -0.4 is 15.4 Å². The number of halogens is 1. The molecule has 4 rings (SSSR count). The maximum absolute atomic E-state index is 12.4. The van der Waals surface area contributed by atoms with Gasteiger partial charge >= 0.3 is 0 Å². The Morgan fingerprint density at radius 2 is 1.84 bits per heavy atom. The van der Waals surface area contributed by atoms with Crippen LogP contribution in [0, 0.1) is 0 Å². The zero-order valence-electron chi connectivity index (χ0n) is 17.1. The van der Waals surface area contributed by atoms with Gasteiger partial charge in [-0.15, -0.1) is 0 Å². The number of hydrogen-bond donors (Lipinski definition) is 2. The molecule has 1 aliphatic heterocycles. The van der Waals surface area contributed by atoms with E-state index in [1.165, 1.54) is 17.3 Å². The number of rotatable bonds is 7. The first-order chi connectivity index (χ1) is 15.1. The lowest BCUT2D eigenvalue weighted by Gasteiger charge is -2.12. The molecule has 0 radical (unpaired) electrons. The Bertz CT molecular complexity index is 1080. The summed E-state index contributed by atoms with van der Waals surface area (Å²) in [5.74, 6) is 0.692. The first-order valence-electron chi connectivity index (χ1n) is 10.1. The Balaban J connectivity index is 1.39. The summed E-state index contributed by atoms with van der Waals surface area (Å²) in [6.45, 7) is 2.64. The Labute approximate surface area is 195 Å². The zero-order chi connectivity index (χ0) is 21.6. The Morgan fingerprint density at radius 1 is 1.06 bits per heavy atom. The molecule has 2 N–H and O–H groups in total. The summed E-state index contributed by atoms with van der Waals surface area (Å²) >= 11 is 5.06. The van der Waals surface area contributed by atoms with Gasteiger partial charge in [-0.25, -0.2) is 0 Å². The minimum atomic E-state index is -0.192. The quantitative estimate of drug-likeness (QED) is 0.384. The van der Waals surface area contributed by atoms with E-state index in [4.69, 9.17) is 4.74 Å². The highest BCUT2D eigenvalue weighted by Crippen LogP contribution is 2.32. The van der Waals surface area contributed by atoms with Gasteiger partial charge in [-0.05, 0) is 69.4 Å². The molecular formula is C25H23BrN2O2S. The molecule has 0 saturated carbocycles. The maximum atomic E-state index is 12.4. The van der Waals surface area contributed by atoms with E-state index in [1.807, 2.05) is 66.7 Å². The first-order valence-corrected chi connectivity index (χ1v) is 11.8. The molecule has 31 heavy (non-hydrogen) atoms. The number of thioether (sulfide) groups is 1. The van der Waals surface area contributed by atoms with Gasteiger partial charge in [-0.2, -0.15) is 0 Å². The van der Waals surface area contributed by atoms with Crippen molar-refractivity contribution in [3.05, 3.63) is 98.9 Å². The Kier molecular flexibility index (Phi) is 6.99. The molecular weight excluding hydrogens is 472 g/mol. The van der Waals surface area contributed by atoms with Crippen LogP contribution in [0.4, 0.5) is 5.69 Å². The molecule has 0 bridgehead atoms. The molecule has 1 saturated heterocycles. The second kappa shape index (κ2) is 10.1. The summed E-state index contributed by atoms with van der Waals surface area (Å²) in [5.41, 5.74) is 4.13. The number of hydrogen-bond acceptors (Lipinski definition) is 4. The molecule has 4 nitrogen and oxygen atoms in total. The normalized spacial score (nSPS) is 16.9. The Hall–Kier alpha value is -2.70. The molecule has 0 unspecified atom stereocenters. The van der Waals surface area contributed by atoms with Crippen LogP contribution in [0.3, 0.4) is 0 Å². The van der Waals surface area contributed by atoms with Crippen LogP contribution in [0.15, 0.2) is 82.2 Å². The molecule has 3 aromatic carbocycles. The van der Waals surface area contributed by atoms with Gasteiger partial charge in [-0.3, -0.25) is 4.79 Å². The van der Waals surface area contributed by atoms with Gasteiger partial charge in [0, 0.05) is 5.69 Å². The van der Waals surface area contributed by atoms with E-state index in [9.17, 15) is 4.79 Å². The third-order valence-electron chi connectivity index (χ3n) is 4.88. The summed E-state index contributed by atoms with van der Waals surface area (Å²) in [5, 5.41) is 6.33. The lowest BCUT2D eigenvalue weighted by Crippen LogP contribution is -2.30. The number of carbonyl (C=O) groups excluding carboxylic acids is 1. The van der Waals surface area contributed by atoms with Gasteiger partial charge in [-0.1, -0.05) is 67.2 Å². The molecule has 1 amide bonds. The van der Waals surface area contributed by atoms with Crippen molar-refractivity contribution in [2.24, 2.45) is 0 Å². The van der Waals surface area contributed by atoms with Crippen molar-refractivity contribution in [1.82, 2.24) is 5.32 Å². The van der Waals surface area contributed by atoms with Crippen LogP contribution in [0.1, 0.15) is 23.6 Å². The lowest BCUT2D eigenvalue weighted by molar-refractivity contribution is -0.116. The predicted octanol–water partition coefficient (Wildman–Crippen LogP) is 6.19. The van der Waals surface area contributed by atoms with Gasteiger partial charge in [0.25, 0.3) is 5.91 Å². The second-order valence-electron chi connectivity index (χ2n) is 7.14. The van der Waals surface area contributed by atoms with E-state index in [0.717, 1.165) is 33.5 Å². The number of carbonyl (C=O) groups is 1. The van der Waals surface area contributed by atoms with E-state index in [0.29, 0.717) is 11.5 Å². The molecule has 1 heterocycles. The number of aryl methyl sites for hydroxylation is 1. The fourth-order valence-corrected chi connectivity index (χ4v) is 4.66. The average Bonchev–Trinajstić information content (AvgIpc) is 3.13. The fraction of sp³-hybridized carbons (Fsp3) is 0.160. The van der Waals surface area contributed by atoms with E-state index in [2.05, 4.69) is 45.6 Å². The van der Waals surface area contributed by atoms with Crippen LogP contribution in [0.25, 0.3) is 6.08 Å². The number of anilines is 1. The molecule has 0 aromatic heterocycles. The van der Waals surface area contributed by atoms with Crippen LogP contribution in [0.2, 0.25) is 0 Å². The summed E-state index contributed by atoms with van der Waals surface area (Å²) < 4.78 is 6.76. The van der Waals surface area contributed by atoms with E-state index < -0.39 is 0 Å². The third-order valence-corrected chi connectivity index (χ3v) is 6.53. The average molecular weight is 495 g/mol. The number of nitrogens with one attached hydrogen (secondary N) is 2. The van der Waals surface area contributed by atoms with Gasteiger partial charge in [0.05, 0.1) is 9.38 Å². The lowest BCUT2D eigenvalue weighted by atomic mass is 10.1. The van der Waals surface area contributed by atoms with Crippen molar-refractivity contribution in [1.29, 1.82) is 0 Å². The summed E-state index contributed by atoms with van der Waals surface area (Å²) in [4.78, 5) is 13.1. The van der Waals surface area contributed by atoms with Crippen molar-refractivity contribution >= 4 is 45.4 Å². The van der Waals surface area contributed by atoms with Gasteiger partial charge in [0.2, 0.25) is 0 Å². The standard InChI is InChI=1S/C25H23BrN2O2S/c1-2-17-8-11-20(12-9-17)27-25-28-24(29)23(31-25)15-19-10-13-22(21(26)14-19)30-16-18-6-4-3-5-7-18/h3-15,25,27H,2,16H2,1H3,(H,28,29)/b23-15-/t25-/m1/s1. The van der Waals surface area contributed by atoms with Crippen LogP contribution >= 0.6 is 27.7 Å². The first kappa shape index (κ1) is 21.5. The molecule has 1 fully saturated rings. The topological polar surface area (TPSA) is 50.4 Å². The number of ether oxygens (including phenoxy) is 1. The highest BCUT2D eigenvalue weighted by molar-refractivity contribution is 9.10. The van der Waals surface area contributed by atoms with Crippen LogP contribution in [-0.4, -0.2) is 11.4 Å². The molecule has 0 aliphatic carbocycles. The van der Waals surface area contributed by atoms with E-state index >= 15 is 0 Å². The summed E-state index contributed by atoms with van der Waals surface area (Å²) in [7, 11) is 0. The largest absolute Gasteiger partial charge is 0.488 e. The fourth-order valence-electron chi connectivity index (χ4n) is 3.16. The third kappa shape index (κ3) is 5.71. The van der Waals surface area contributed by atoms with Crippen LogP contribution in [-0.2, 0) is 17.8 Å². The number of benzene rings is 3. The Morgan fingerprint density at radius 3 is 2.55 bits per heavy atom. The molecule has 1 atom stereocenters. The minimum Gasteiger partial charge on any atom is -0.488 e. The van der Waals surface area contributed by atoms with Crippen molar-refractivity contribution < 1.29 is 9.53 Å². The van der Waals surface area contributed by atoms with Crippen molar-refractivity contribution in [2.45, 2.75) is 25.4 Å². The maximum Gasteiger partial charge on any atom is 0.260 e. The molecule has 158 valence electrons. The monoisotopic (exact) mass is 494 g/mol. The van der Waals surface area contributed by atoms with Gasteiger partial charge in [0.1, 0.15) is 12.4 Å². The van der Waals surface area contributed by atoms with Gasteiger partial charge < -0.3 is 15.4 Å². The van der Waals surface area contributed by atoms with Crippen molar-refractivity contribution in [2.75, 3.05) is 5.32 Å². The molecule has 6 heteroatoms. The van der Waals surface area contributed by atoms with E-state index in [-0.39, 0.29) is 11.4 Å². The van der Waals surface area contributed by atoms with Crippen molar-refractivity contribution in [3.63, 3.8) is 0 Å². The van der Waals surface area contributed by atoms with Crippen molar-refractivity contribution in [3.8, 4) is 5.75 Å². The highest BCUT2D eigenvalue weighted by Gasteiger charge is 2.27.